The Bertz CT molecular complexity index is 724. The van der Waals surface area contributed by atoms with Gasteiger partial charge < -0.3 is 15.2 Å². The molecule has 1 saturated heterocycles. The average molecular weight is 354 g/mol. The van der Waals surface area contributed by atoms with Gasteiger partial charge in [-0.3, -0.25) is 4.99 Å². The van der Waals surface area contributed by atoms with E-state index >= 15 is 0 Å². The molecule has 1 aliphatic carbocycles. The number of nitrogens with zero attached hydrogens (tertiary/aromatic N) is 3. The summed E-state index contributed by atoms with van der Waals surface area (Å²) in [6.07, 6.45) is 10.4. The first-order valence-corrected chi connectivity index (χ1v) is 10.2. The molecule has 2 aliphatic rings. The van der Waals surface area contributed by atoms with Crippen LogP contribution in [0.4, 0.5) is 0 Å². The molecule has 5 heteroatoms. The minimum absolute atomic E-state index is 0.574. The molecule has 1 aromatic carbocycles. The number of aromatic amines is 1. The Kier molecular flexibility index (Phi) is 5.14. The van der Waals surface area contributed by atoms with Gasteiger partial charge in [0, 0.05) is 33.1 Å². The van der Waals surface area contributed by atoms with E-state index in [0.717, 1.165) is 48.7 Å². The number of aryl methyl sites for hydroxylation is 1. The zero-order valence-corrected chi connectivity index (χ0v) is 15.9. The van der Waals surface area contributed by atoms with Gasteiger partial charge in [-0.05, 0) is 43.2 Å². The number of nitrogens with one attached hydrogen (secondary N) is 2. The molecule has 0 atom stereocenters. The summed E-state index contributed by atoms with van der Waals surface area (Å²) in [4.78, 5) is 15.1. The van der Waals surface area contributed by atoms with Crippen LogP contribution in [0, 0.1) is 5.41 Å². The molecule has 5 nitrogen and oxygen atoms in total. The van der Waals surface area contributed by atoms with Gasteiger partial charge in [0.25, 0.3) is 0 Å². The zero-order valence-electron chi connectivity index (χ0n) is 15.9. The Morgan fingerprint density at radius 1 is 1.23 bits per heavy atom. The highest BCUT2D eigenvalue weighted by atomic mass is 15.3. The first-order chi connectivity index (χ1) is 12.8. The fourth-order valence-corrected chi connectivity index (χ4v) is 4.74. The van der Waals surface area contributed by atoms with E-state index in [2.05, 4.69) is 37.3 Å². The maximum Gasteiger partial charge on any atom is 0.193 e. The Morgan fingerprint density at radius 2 is 2.08 bits per heavy atom. The first kappa shape index (κ1) is 17.4. The SMILES string of the molecule is CN=C(NCCCc1nc2ccccc2[nH]1)N1CCC2(CCCCC2)C1. The van der Waals surface area contributed by atoms with Gasteiger partial charge in [-0.25, -0.2) is 4.98 Å². The normalized spacial score (nSPS) is 20.2. The standard InChI is InChI=1S/C21H31N5/c1-22-20(26-15-13-21(16-26)11-5-2-6-12-21)23-14-7-10-19-24-17-8-3-4-9-18(17)25-19/h3-4,8-9H,2,5-7,10-16H2,1H3,(H,22,23)(H,24,25). The number of fused-ring (bicyclic) bond motifs is 1. The highest BCUT2D eigenvalue weighted by Crippen LogP contribution is 2.43. The van der Waals surface area contributed by atoms with E-state index in [-0.39, 0.29) is 0 Å². The van der Waals surface area contributed by atoms with Crippen molar-refractivity contribution in [3.8, 4) is 0 Å². The number of hydrogen-bond acceptors (Lipinski definition) is 2. The van der Waals surface area contributed by atoms with Crippen molar-refractivity contribution < 1.29 is 0 Å². The molecule has 1 aliphatic heterocycles. The molecule has 1 saturated carbocycles. The Hall–Kier alpha value is -2.04. The third-order valence-electron chi connectivity index (χ3n) is 6.18. The van der Waals surface area contributed by atoms with E-state index in [4.69, 9.17) is 0 Å². The number of guanidine groups is 1. The number of aliphatic imine (C=N–C) groups is 1. The van der Waals surface area contributed by atoms with Crippen LogP contribution < -0.4 is 5.32 Å². The lowest BCUT2D eigenvalue weighted by Gasteiger charge is -2.33. The van der Waals surface area contributed by atoms with E-state index in [1.165, 1.54) is 45.1 Å². The summed E-state index contributed by atoms with van der Waals surface area (Å²) >= 11 is 0. The van der Waals surface area contributed by atoms with Crippen LogP contribution in [0.1, 0.15) is 50.8 Å². The van der Waals surface area contributed by atoms with Crippen LogP contribution in [0.5, 0.6) is 0 Å². The molecule has 1 spiro atoms. The Labute approximate surface area is 156 Å². The lowest BCUT2D eigenvalue weighted by Crippen LogP contribution is -2.42. The van der Waals surface area contributed by atoms with Gasteiger partial charge in [0.05, 0.1) is 11.0 Å². The van der Waals surface area contributed by atoms with Crippen molar-refractivity contribution in [2.75, 3.05) is 26.7 Å². The average Bonchev–Trinajstić information content (AvgIpc) is 3.26. The minimum atomic E-state index is 0.574. The van der Waals surface area contributed by atoms with E-state index in [0.29, 0.717) is 5.41 Å². The maximum atomic E-state index is 4.66. The maximum absolute atomic E-state index is 4.66. The molecule has 0 amide bonds. The molecule has 2 fully saturated rings. The predicted molar refractivity (Wildman–Crippen MR) is 107 cm³/mol. The van der Waals surface area contributed by atoms with Crippen molar-refractivity contribution >= 4 is 17.0 Å². The summed E-state index contributed by atoms with van der Waals surface area (Å²) in [7, 11) is 1.91. The molecule has 0 unspecified atom stereocenters. The molecule has 2 N–H and O–H groups in total. The van der Waals surface area contributed by atoms with E-state index in [1.54, 1.807) is 0 Å². The topological polar surface area (TPSA) is 56.3 Å². The number of hydrogen-bond donors (Lipinski definition) is 2. The second-order valence-corrected chi connectivity index (χ2v) is 8.01. The number of para-hydroxylation sites is 2. The summed E-state index contributed by atoms with van der Waals surface area (Å²) in [5.74, 6) is 2.15. The number of aromatic nitrogens is 2. The number of benzene rings is 1. The molecule has 140 valence electrons. The van der Waals surface area contributed by atoms with Crippen molar-refractivity contribution in [2.24, 2.45) is 10.4 Å². The van der Waals surface area contributed by atoms with Gasteiger partial charge in [-0.1, -0.05) is 31.4 Å². The molecule has 2 aromatic rings. The van der Waals surface area contributed by atoms with Gasteiger partial charge in [-0.15, -0.1) is 0 Å². The van der Waals surface area contributed by atoms with Crippen LogP contribution in [0.2, 0.25) is 0 Å². The van der Waals surface area contributed by atoms with Crippen LogP contribution in [0.15, 0.2) is 29.3 Å². The number of likely N-dealkylation sites (tertiary alicyclic amines) is 1. The van der Waals surface area contributed by atoms with Gasteiger partial charge in [-0.2, -0.15) is 0 Å². The highest BCUT2D eigenvalue weighted by molar-refractivity contribution is 5.80. The third kappa shape index (κ3) is 3.71. The molecule has 4 rings (SSSR count). The molecule has 1 aromatic heterocycles. The molecular weight excluding hydrogens is 322 g/mol. The van der Waals surface area contributed by atoms with Crippen molar-refractivity contribution in [3.05, 3.63) is 30.1 Å². The van der Waals surface area contributed by atoms with Crippen molar-refractivity contribution in [1.82, 2.24) is 20.2 Å². The number of rotatable bonds is 4. The largest absolute Gasteiger partial charge is 0.356 e. The van der Waals surface area contributed by atoms with E-state index in [9.17, 15) is 0 Å². The molecule has 2 heterocycles. The molecule has 0 radical (unpaired) electrons. The molecule has 0 bridgehead atoms. The summed E-state index contributed by atoms with van der Waals surface area (Å²) in [6, 6.07) is 8.23. The number of H-pyrrole nitrogens is 1. The summed E-state index contributed by atoms with van der Waals surface area (Å²) < 4.78 is 0. The second-order valence-electron chi connectivity index (χ2n) is 8.01. The highest BCUT2D eigenvalue weighted by Gasteiger charge is 2.39. The summed E-state index contributed by atoms with van der Waals surface area (Å²) in [6.45, 7) is 3.28. The van der Waals surface area contributed by atoms with Crippen molar-refractivity contribution in [3.63, 3.8) is 0 Å². The first-order valence-electron chi connectivity index (χ1n) is 10.2. The Balaban J connectivity index is 1.25. The zero-order chi connectivity index (χ0) is 17.8. The molecular formula is C21H31N5. The van der Waals surface area contributed by atoms with Gasteiger partial charge in [0.1, 0.15) is 5.82 Å². The van der Waals surface area contributed by atoms with E-state index < -0.39 is 0 Å². The van der Waals surface area contributed by atoms with Crippen molar-refractivity contribution in [2.45, 2.75) is 51.4 Å². The smallest absolute Gasteiger partial charge is 0.193 e. The monoisotopic (exact) mass is 353 g/mol. The quantitative estimate of drug-likeness (QED) is 0.500. The number of imidazole rings is 1. The van der Waals surface area contributed by atoms with Crippen molar-refractivity contribution in [1.29, 1.82) is 0 Å². The Morgan fingerprint density at radius 3 is 2.88 bits per heavy atom. The van der Waals surface area contributed by atoms with Crippen LogP contribution in [0.25, 0.3) is 11.0 Å². The minimum Gasteiger partial charge on any atom is -0.356 e. The second kappa shape index (κ2) is 7.68. The van der Waals surface area contributed by atoms with Crippen LogP contribution in [-0.2, 0) is 6.42 Å². The fourth-order valence-electron chi connectivity index (χ4n) is 4.74. The lowest BCUT2D eigenvalue weighted by atomic mass is 9.73. The van der Waals surface area contributed by atoms with Crippen LogP contribution in [0.3, 0.4) is 0 Å². The third-order valence-corrected chi connectivity index (χ3v) is 6.18. The van der Waals surface area contributed by atoms with Gasteiger partial charge >= 0.3 is 0 Å². The van der Waals surface area contributed by atoms with E-state index in [1.807, 2.05) is 19.2 Å². The van der Waals surface area contributed by atoms with Gasteiger partial charge in [0.2, 0.25) is 0 Å². The lowest BCUT2D eigenvalue weighted by molar-refractivity contribution is 0.203. The summed E-state index contributed by atoms with van der Waals surface area (Å²) in [5.41, 5.74) is 2.76. The van der Waals surface area contributed by atoms with Crippen LogP contribution >= 0.6 is 0 Å². The summed E-state index contributed by atoms with van der Waals surface area (Å²) in [5, 5.41) is 3.57. The van der Waals surface area contributed by atoms with Gasteiger partial charge in [0.15, 0.2) is 5.96 Å². The van der Waals surface area contributed by atoms with Crippen LogP contribution in [-0.4, -0.2) is 47.5 Å². The molecule has 26 heavy (non-hydrogen) atoms. The fraction of sp³-hybridized carbons (Fsp3) is 0.619. The predicted octanol–water partition coefficient (Wildman–Crippen LogP) is 3.73.